The predicted octanol–water partition coefficient (Wildman–Crippen LogP) is 2.87. The molecule has 0 heterocycles. The summed E-state index contributed by atoms with van der Waals surface area (Å²) < 4.78 is 6.03. The number of hydrogen-bond acceptors (Lipinski definition) is 2. The van der Waals surface area contributed by atoms with Gasteiger partial charge in [-0.15, -0.1) is 0 Å². The standard InChI is InChI=1S/C14H21NO/c1-9-7-11(3)14(8-10(9)2)16-13-6-4-5-12(13)15/h7-8,12-13H,4-6,15H2,1-3H3. The monoisotopic (exact) mass is 219 g/mol. The summed E-state index contributed by atoms with van der Waals surface area (Å²) in [4.78, 5) is 0. The van der Waals surface area contributed by atoms with Gasteiger partial charge in [-0.25, -0.2) is 0 Å². The Morgan fingerprint density at radius 3 is 2.38 bits per heavy atom. The molecule has 0 spiro atoms. The number of benzene rings is 1. The predicted molar refractivity (Wildman–Crippen MR) is 66.9 cm³/mol. The molecule has 0 bridgehead atoms. The fraction of sp³-hybridized carbons (Fsp3) is 0.571. The molecule has 2 atom stereocenters. The van der Waals surface area contributed by atoms with Crippen LogP contribution in [0.1, 0.15) is 36.0 Å². The summed E-state index contributed by atoms with van der Waals surface area (Å²) in [5.41, 5.74) is 9.83. The zero-order valence-electron chi connectivity index (χ0n) is 10.4. The molecule has 1 saturated carbocycles. The van der Waals surface area contributed by atoms with Crippen molar-refractivity contribution in [1.29, 1.82) is 0 Å². The zero-order chi connectivity index (χ0) is 11.7. The Balaban J connectivity index is 2.18. The van der Waals surface area contributed by atoms with Gasteiger partial charge < -0.3 is 10.5 Å². The fourth-order valence-electron chi connectivity index (χ4n) is 2.33. The lowest BCUT2D eigenvalue weighted by Crippen LogP contribution is -2.33. The minimum atomic E-state index is 0.209. The SMILES string of the molecule is Cc1cc(C)c(OC2CCCC2N)cc1C. The number of hydrogen-bond donors (Lipinski definition) is 1. The number of ether oxygens (including phenoxy) is 1. The highest BCUT2D eigenvalue weighted by molar-refractivity contribution is 5.41. The van der Waals surface area contributed by atoms with Gasteiger partial charge in [0.05, 0.1) is 0 Å². The summed E-state index contributed by atoms with van der Waals surface area (Å²) in [7, 11) is 0. The third kappa shape index (κ3) is 2.22. The summed E-state index contributed by atoms with van der Waals surface area (Å²) in [6.45, 7) is 6.35. The van der Waals surface area contributed by atoms with Crippen LogP contribution in [0.4, 0.5) is 0 Å². The van der Waals surface area contributed by atoms with Gasteiger partial charge in [0.2, 0.25) is 0 Å². The second-order valence-electron chi connectivity index (χ2n) is 4.95. The van der Waals surface area contributed by atoms with E-state index in [1.54, 1.807) is 0 Å². The average Bonchev–Trinajstić information content (AvgIpc) is 2.61. The van der Waals surface area contributed by atoms with Crippen LogP contribution in [0.2, 0.25) is 0 Å². The molecule has 1 aliphatic carbocycles. The van der Waals surface area contributed by atoms with Gasteiger partial charge in [-0.1, -0.05) is 6.07 Å². The first-order valence-corrected chi connectivity index (χ1v) is 6.08. The molecule has 1 aromatic rings. The minimum absolute atomic E-state index is 0.209. The van der Waals surface area contributed by atoms with Crippen LogP contribution in [0, 0.1) is 20.8 Å². The Bertz CT molecular complexity index is 387. The number of aryl methyl sites for hydroxylation is 3. The first kappa shape index (κ1) is 11.5. The minimum Gasteiger partial charge on any atom is -0.489 e. The normalized spacial score (nSPS) is 24.8. The van der Waals surface area contributed by atoms with E-state index in [9.17, 15) is 0 Å². The fourth-order valence-corrected chi connectivity index (χ4v) is 2.33. The van der Waals surface area contributed by atoms with Crippen molar-refractivity contribution < 1.29 is 4.74 Å². The Morgan fingerprint density at radius 2 is 1.75 bits per heavy atom. The van der Waals surface area contributed by atoms with Gasteiger partial charge in [0.15, 0.2) is 0 Å². The van der Waals surface area contributed by atoms with Gasteiger partial charge in [-0.05, 0) is 62.8 Å². The summed E-state index contributed by atoms with van der Waals surface area (Å²) >= 11 is 0. The number of rotatable bonds is 2. The molecule has 0 amide bonds. The van der Waals surface area contributed by atoms with Crippen LogP contribution in [-0.2, 0) is 0 Å². The van der Waals surface area contributed by atoms with Gasteiger partial charge in [0.25, 0.3) is 0 Å². The van der Waals surface area contributed by atoms with E-state index in [-0.39, 0.29) is 12.1 Å². The van der Waals surface area contributed by atoms with Crippen molar-refractivity contribution in [1.82, 2.24) is 0 Å². The molecule has 16 heavy (non-hydrogen) atoms. The van der Waals surface area contributed by atoms with Crippen LogP contribution < -0.4 is 10.5 Å². The van der Waals surface area contributed by atoms with Crippen LogP contribution in [0.15, 0.2) is 12.1 Å². The molecule has 2 rings (SSSR count). The first-order valence-electron chi connectivity index (χ1n) is 6.08. The van der Waals surface area contributed by atoms with E-state index >= 15 is 0 Å². The summed E-state index contributed by atoms with van der Waals surface area (Å²) in [6, 6.07) is 4.53. The van der Waals surface area contributed by atoms with Crippen LogP contribution >= 0.6 is 0 Å². The van der Waals surface area contributed by atoms with Gasteiger partial charge in [0.1, 0.15) is 11.9 Å². The molecule has 1 aromatic carbocycles. The van der Waals surface area contributed by atoms with Crippen LogP contribution in [0.3, 0.4) is 0 Å². The van der Waals surface area contributed by atoms with Crippen molar-refractivity contribution >= 4 is 0 Å². The van der Waals surface area contributed by atoms with Crippen molar-refractivity contribution in [2.75, 3.05) is 0 Å². The molecule has 0 aromatic heterocycles. The molecule has 0 aliphatic heterocycles. The Kier molecular flexibility index (Phi) is 3.20. The molecule has 1 fully saturated rings. The van der Waals surface area contributed by atoms with Crippen LogP contribution in [0.5, 0.6) is 5.75 Å². The van der Waals surface area contributed by atoms with Crippen molar-refractivity contribution in [3.8, 4) is 5.75 Å². The Hall–Kier alpha value is -1.02. The lowest BCUT2D eigenvalue weighted by atomic mass is 10.1. The van der Waals surface area contributed by atoms with E-state index in [4.69, 9.17) is 10.5 Å². The van der Waals surface area contributed by atoms with Crippen molar-refractivity contribution in [3.05, 3.63) is 28.8 Å². The summed E-state index contributed by atoms with van der Waals surface area (Å²) in [5.74, 6) is 1.01. The van der Waals surface area contributed by atoms with Gasteiger partial charge >= 0.3 is 0 Å². The summed E-state index contributed by atoms with van der Waals surface area (Å²) in [5, 5.41) is 0. The van der Waals surface area contributed by atoms with E-state index in [2.05, 4.69) is 32.9 Å². The largest absolute Gasteiger partial charge is 0.489 e. The van der Waals surface area contributed by atoms with Gasteiger partial charge in [0, 0.05) is 6.04 Å². The molecule has 88 valence electrons. The second-order valence-corrected chi connectivity index (χ2v) is 4.95. The summed E-state index contributed by atoms with van der Waals surface area (Å²) in [6.07, 6.45) is 3.58. The third-order valence-corrected chi connectivity index (χ3v) is 3.57. The molecule has 2 unspecified atom stereocenters. The molecule has 2 heteroatoms. The van der Waals surface area contributed by atoms with Gasteiger partial charge in [-0.3, -0.25) is 0 Å². The van der Waals surface area contributed by atoms with E-state index in [0.29, 0.717) is 0 Å². The topological polar surface area (TPSA) is 35.2 Å². The smallest absolute Gasteiger partial charge is 0.122 e. The highest BCUT2D eigenvalue weighted by Crippen LogP contribution is 2.28. The average molecular weight is 219 g/mol. The molecule has 2 nitrogen and oxygen atoms in total. The molecule has 0 saturated heterocycles. The molecule has 1 aliphatic rings. The van der Waals surface area contributed by atoms with E-state index in [1.807, 2.05) is 0 Å². The lowest BCUT2D eigenvalue weighted by Gasteiger charge is -2.20. The van der Waals surface area contributed by atoms with E-state index in [0.717, 1.165) is 18.6 Å². The highest BCUT2D eigenvalue weighted by atomic mass is 16.5. The van der Waals surface area contributed by atoms with E-state index in [1.165, 1.54) is 23.1 Å². The van der Waals surface area contributed by atoms with Crippen molar-refractivity contribution in [2.24, 2.45) is 5.73 Å². The zero-order valence-corrected chi connectivity index (χ0v) is 10.4. The molecular formula is C14H21NO. The maximum atomic E-state index is 6.03. The highest BCUT2D eigenvalue weighted by Gasteiger charge is 2.26. The quantitative estimate of drug-likeness (QED) is 0.830. The van der Waals surface area contributed by atoms with E-state index < -0.39 is 0 Å². The Labute approximate surface area is 97.8 Å². The first-order chi connectivity index (χ1) is 7.58. The van der Waals surface area contributed by atoms with Crippen LogP contribution in [0.25, 0.3) is 0 Å². The van der Waals surface area contributed by atoms with Gasteiger partial charge in [-0.2, -0.15) is 0 Å². The van der Waals surface area contributed by atoms with Crippen LogP contribution in [-0.4, -0.2) is 12.1 Å². The Morgan fingerprint density at radius 1 is 1.06 bits per heavy atom. The lowest BCUT2D eigenvalue weighted by molar-refractivity contribution is 0.190. The van der Waals surface area contributed by atoms with Crippen molar-refractivity contribution in [2.45, 2.75) is 52.2 Å². The maximum absolute atomic E-state index is 6.03. The molecule has 2 N–H and O–H groups in total. The number of nitrogens with two attached hydrogens (primary N) is 1. The van der Waals surface area contributed by atoms with Crippen molar-refractivity contribution in [3.63, 3.8) is 0 Å². The third-order valence-electron chi connectivity index (χ3n) is 3.57. The molecule has 0 radical (unpaired) electrons. The second kappa shape index (κ2) is 4.46. The molecular weight excluding hydrogens is 198 g/mol. The maximum Gasteiger partial charge on any atom is 0.122 e.